The standard InChI is InChI=1S/C17H27ClN2/c18-17-14-16(12-13-19-17)20-15-10-8-6-4-2-1-3-5-7-9-11-15/h12-15H,1-11H2,(H,19,20). The topological polar surface area (TPSA) is 24.9 Å². The Kier molecular flexibility index (Phi) is 7.21. The van der Waals surface area contributed by atoms with Crippen molar-refractivity contribution < 1.29 is 0 Å². The normalized spacial score (nSPS) is 19.9. The molecular weight excluding hydrogens is 268 g/mol. The molecule has 0 aliphatic heterocycles. The SMILES string of the molecule is Clc1cc(NC2CCCCCCCCCCC2)ccn1. The van der Waals surface area contributed by atoms with E-state index in [2.05, 4.69) is 10.3 Å². The van der Waals surface area contributed by atoms with Crippen molar-refractivity contribution in [3.63, 3.8) is 0 Å². The van der Waals surface area contributed by atoms with E-state index in [1.807, 2.05) is 12.1 Å². The molecule has 1 aliphatic rings. The molecule has 1 aliphatic carbocycles. The Labute approximate surface area is 128 Å². The van der Waals surface area contributed by atoms with Crippen molar-refractivity contribution in [1.82, 2.24) is 4.98 Å². The summed E-state index contributed by atoms with van der Waals surface area (Å²) in [4.78, 5) is 4.04. The minimum atomic E-state index is 0.572. The van der Waals surface area contributed by atoms with Crippen LogP contribution in [-0.4, -0.2) is 11.0 Å². The Morgan fingerprint density at radius 1 is 0.900 bits per heavy atom. The average molecular weight is 295 g/mol. The lowest BCUT2D eigenvalue weighted by atomic mass is 9.98. The van der Waals surface area contributed by atoms with E-state index in [1.165, 1.54) is 70.6 Å². The highest BCUT2D eigenvalue weighted by atomic mass is 35.5. The number of nitrogens with one attached hydrogen (secondary N) is 1. The first-order valence-corrected chi connectivity index (χ1v) is 8.60. The summed E-state index contributed by atoms with van der Waals surface area (Å²) in [6, 6.07) is 4.53. The minimum Gasteiger partial charge on any atom is -0.382 e. The Morgan fingerprint density at radius 3 is 2.00 bits per heavy atom. The van der Waals surface area contributed by atoms with Gasteiger partial charge in [-0.05, 0) is 25.0 Å². The molecule has 2 rings (SSSR count). The molecule has 1 fully saturated rings. The number of aromatic nitrogens is 1. The van der Waals surface area contributed by atoms with Crippen LogP contribution in [0.5, 0.6) is 0 Å². The maximum Gasteiger partial charge on any atom is 0.131 e. The van der Waals surface area contributed by atoms with Gasteiger partial charge in [-0.2, -0.15) is 0 Å². The van der Waals surface area contributed by atoms with E-state index in [0.717, 1.165) is 5.69 Å². The number of halogens is 1. The fourth-order valence-electron chi connectivity index (χ4n) is 3.04. The van der Waals surface area contributed by atoms with Crippen LogP contribution in [0.15, 0.2) is 18.3 Å². The van der Waals surface area contributed by atoms with Crippen molar-refractivity contribution in [2.45, 2.75) is 76.7 Å². The Hall–Kier alpha value is -0.760. The van der Waals surface area contributed by atoms with E-state index in [4.69, 9.17) is 11.6 Å². The van der Waals surface area contributed by atoms with Crippen molar-refractivity contribution in [1.29, 1.82) is 0 Å². The quantitative estimate of drug-likeness (QED) is 0.695. The van der Waals surface area contributed by atoms with Gasteiger partial charge in [0.1, 0.15) is 5.15 Å². The Bertz CT molecular complexity index is 369. The van der Waals surface area contributed by atoms with Gasteiger partial charge in [0.2, 0.25) is 0 Å². The highest BCUT2D eigenvalue weighted by Gasteiger charge is 2.09. The van der Waals surface area contributed by atoms with Crippen LogP contribution in [0.4, 0.5) is 5.69 Å². The maximum absolute atomic E-state index is 5.96. The molecule has 1 heterocycles. The number of anilines is 1. The van der Waals surface area contributed by atoms with Gasteiger partial charge in [0.05, 0.1) is 0 Å². The number of nitrogens with zero attached hydrogens (tertiary/aromatic N) is 1. The van der Waals surface area contributed by atoms with Gasteiger partial charge in [-0.25, -0.2) is 4.98 Å². The van der Waals surface area contributed by atoms with Crippen LogP contribution in [0.1, 0.15) is 70.6 Å². The highest BCUT2D eigenvalue weighted by Crippen LogP contribution is 2.21. The van der Waals surface area contributed by atoms with Gasteiger partial charge >= 0.3 is 0 Å². The lowest BCUT2D eigenvalue weighted by Gasteiger charge is -2.20. The lowest BCUT2D eigenvalue weighted by molar-refractivity contribution is 0.480. The fourth-order valence-corrected chi connectivity index (χ4v) is 3.21. The summed E-state index contributed by atoms with van der Waals surface area (Å²) < 4.78 is 0. The van der Waals surface area contributed by atoms with Gasteiger partial charge in [0, 0.05) is 17.9 Å². The zero-order chi connectivity index (χ0) is 14.0. The number of hydrogen-bond acceptors (Lipinski definition) is 2. The predicted molar refractivity (Wildman–Crippen MR) is 87.4 cm³/mol. The summed E-state index contributed by atoms with van der Waals surface area (Å²) in [5.74, 6) is 0. The third-order valence-electron chi connectivity index (χ3n) is 4.20. The molecule has 0 spiro atoms. The van der Waals surface area contributed by atoms with E-state index >= 15 is 0 Å². The molecule has 0 radical (unpaired) electrons. The molecule has 1 aromatic heterocycles. The monoisotopic (exact) mass is 294 g/mol. The van der Waals surface area contributed by atoms with Gasteiger partial charge < -0.3 is 5.32 Å². The van der Waals surface area contributed by atoms with Gasteiger partial charge in [-0.1, -0.05) is 69.4 Å². The van der Waals surface area contributed by atoms with Gasteiger partial charge in [0.25, 0.3) is 0 Å². The summed E-state index contributed by atoms with van der Waals surface area (Å²) in [6.45, 7) is 0. The first-order chi connectivity index (χ1) is 9.84. The molecule has 0 amide bonds. The highest BCUT2D eigenvalue weighted by molar-refractivity contribution is 6.29. The van der Waals surface area contributed by atoms with Crippen LogP contribution in [0.2, 0.25) is 5.15 Å². The van der Waals surface area contributed by atoms with E-state index in [9.17, 15) is 0 Å². The second-order valence-electron chi connectivity index (χ2n) is 5.97. The van der Waals surface area contributed by atoms with E-state index in [-0.39, 0.29) is 0 Å². The molecule has 0 unspecified atom stereocenters. The number of pyridine rings is 1. The average Bonchev–Trinajstić information content (AvgIpc) is 2.42. The summed E-state index contributed by atoms with van der Waals surface area (Å²) in [5, 5.41) is 4.22. The van der Waals surface area contributed by atoms with Crippen molar-refractivity contribution in [2.75, 3.05) is 5.32 Å². The van der Waals surface area contributed by atoms with Gasteiger partial charge in [0.15, 0.2) is 0 Å². The zero-order valence-electron chi connectivity index (χ0n) is 12.4. The summed E-state index contributed by atoms with van der Waals surface area (Å²) in [6.07, 6.45) is 16.9. The second kappa shape index (κ2) is 9.23. The minimum absolute atomic E-state index is 0.572. The molecule has 0 saturated heterocycles. The second-order valence-corrected chi connectivity index (χ2v) is 6.36. The molecule has 1 aromatic rings. The number of hydrogen-bond donors (Lipinski definition) is 1. The molecule has 3 heteroatoms. The first-order valence-electron chi connectivity index (χ1n) is 8.23. The van der Waals surface area contributed by atoms with Crippen LogP contribution in [0.25, 0.3) is 0 Å². The maximum atomic E-state index is 5.96. The molecule has 112 valence electrons. The summed E-state index contributed by atoms with van der Waals surface area (Å²) in [5.41, 5.74) is 1.11. The van der Waals surface area contributed by atoms with Crippen LogP contribution in [0.3, 0.4) is 0 Å². The molecule has 0 bridgehead atoms. The number of rotatable bonds is 2. The fraction of sp³-hybridized carbons (Fsp3) is 0.706. The van der Waals surface area contributed by atoms with Crippen LogP contribution in [0, 0.1) is 0 Å². The summed E-state index contributed by atoms with van der Waals surface area (Å²) >= 11 is 5.96. The van der Waals surface area contributed by atoms with Crippen molar-refractivity contribution in [2.24, 2.45) is 0 Å². The molecule has 0 aromatic carbocycles. The van der Waals surface area contributed by atoms with Crippen molar-refractivity contribution >= 4 is 17.3 Å². The third-order valence-corrected chi connectivity index (χ3v) is 4.41. The smallest absolute Gasteiger partial charge is 0.131 e. The van der Waals surface area contributed by atoms with Gasteiger partial charge in [-0.15, -0.1) is 0 Å². The largest absolute Gasteiger partial charge is 0.382 e. The van der Waals surface area contributed by atoms with E-state index in [1.54, 1.807) is 6.20 Å². The molecule has 1 N–H and O–H groups in total. The predicted octanol–water partition coefficient (Wildman–Crippen LogP) is 5.82. The Balaban J connectivity index is 1.85. The van der Waals surface area contributed by atoms with Crippen LogP contribution >= 0.6 is 11.6 Å². The van der Waals surface area contributed by atoms with Crippen molar-refractivity contribution in [3.05, 3.63) is 23.5 Å². The molecule has 20 heavy (non-hydrogen) atoms. The lowest BCUT2D eigenvalue weighted by Crippen LogP contribution is -2.19. The van der Waals surface area contributed by atoms with Crippen LogP contribution in [-0.2, 0) is 0 Å². The van der Waals surface area contributed by atoms with Crippen LogP contribution < -0.4 is 5.32 Å². The van der Waals surface area contributed by atoms with Crippen molar-refractivity contribution in [3.8, 4) is 0 Å². The molecule has 2 nitrogen and oxygen atoms in total. The first kappa shape index (κ1) is 15.6. The zero-order valence-corrected chi connectivity index (χ0v) is 13.2. The van der Waals surface area contributed by atoms with E-state index in [0.29, 0.717) is 11.2 Å². The van der Waals surface area contributed by atoms with E-state index < -0.39 is 0 Å². The molecule has 0 atom stereocenters. The molecular formula is C17H27ClN2. The third kappa shape index (κ3) is 6.13. The van der Waals surface area contributed by atoms with Gasteiger partial charge in [-0.3, -0.25) is 0 Å². The molecule has 1 saturated carbocycles. The Morgan fingerprint density at radius 2 is 1.45 bits per heavy atom. The summed E-state index contributed by atoms with van der Waals surface area (Å²) in [7, 11) is 0.